The molecule has 0 unspecified atom stereocenters. The number of hydrogen-bond acceptors (Lipinski definition) is 4. The Morgan fingerprint density at radius 3 is 2.57 bits per heavy atom. The van der Waals surface area contributed by atoms with Gasteiger partial charge in [-0.25, -0.2) is 4.68 Å². The monoisotopic (exact) mass is 400 g/mol. The molecule has 3 N–H and O–H groups in total. The number of nitrogens with zero attached hydrogens (tertiary/aromatic N) is 2. The minimum Gasteiger partial charge on any atom is -0.399 e. The summed E-state index contributed by atoms with van der Waals surface area (Å²) >= 11 is 0. The average molecular weight is 401 g/mol. The van der Waals surface area contributed by atoms with Gasteiger partial charge in [-0.3, -0.25) is 9.59 Å². The molecular formula is C21H25ClN4O2. The normalized spacial score (nSPS) is 10.5. The number of fused-ring (bicyclic) bond motifs is 1. The molecule has 6 nitrogen and oxygen atoms in total. The van der Waals surface area contributed by atoms with E-state index in [9.17, 15) is 9.59 Å². The fraction of sp³-hybridized carbons (Fsp3) is 0.286. The molecule has 2 aromatic carbocycles. The van der Waals surface area contributed by atoms with Crippen LogP contribution in [0.15, 0.2) is 47.3 Å². The van der Waals surface area contributed by atoms with Crippen molar-refractivity contribution in [2.45, 2.75) is 39.7 Å². The van der Waals surface area contributed by atoms with Gasteiger partial charge < -0.3 is 11.1 Å². The highest BCUT2D eigenvalue weighted by Crippen LogP contribution is 2.20. The quantitative estimate of drug-likeness (QED) is 0.480. The van der Waals surface area contributed by atoms with Crippen LogP contribution < -0.4 is 16.6 Å². The van der Waals surface area contributed by atoms with Crippen LogP contribution in [0.3, 0.4) is 0 Å². The maximum Gasteiger partial charge on any atom is 0.276 e. The molecule has 7 heteroatoms. The highest BCUT2D eigenvalue weighted by molar-refractivity contribution is 6.11. The van der Waals surface area contributed by atoms with Gasteiger partial charge in [0.2, 0.25) is 0 Å². The molecule has 0 atom stereocenters. The van der Waals surface area contributed by atoms with Gasteiger partial charge in [-0.1, -0.05) is 44.0 Å². The van der Waals surface area contributed by atoms with Gasteiger partial charge in [0.25, 0.3) is 11.5 Å². The summed E-state index contributed by atoms with van der Waals surface area (Å²) in [6.45, 7) is 4.49. The van der Waals surface area contributed by atoms with E-state index in [1.807, 2.05) is 13.0 Å². The Morgan fingerprint density at radius 1 is 1.14 bits per heavy atom. The fourth-order valence-corrected chi connectivity index (χ4v) is 3.02. The van der Waals surface area contributed by atoms with Gasteiger partial charge in [-0.15, -0.1) is 12.4 Å². The van der Waals surface area contributed by atoms with Crippen molar-refractivity contribution in [3.63, 3.8) is 0 Å². The Morgan fingerprint density at radius 2 is 1.86 bits per heavy atom. The molecule has 0 aliphatic heterocycles. The number of carbonyl (C=O) groups is 1. The molecule has 148 valence electrons. The number of carbonyl (C=O) groups excluding carboxylic acids is 1. The number of unbranched alkanes of at least 4 members (excludes halogenated alkanes) is 2. The van der Waals surface area contributed by atoms with Crippen molar-refractivity contribution in [3.8, 4) is 0 Å². The Hall–Kier alpha value is -2.86. The van der Waals surface area contributed by atoms with E-state index in [1.54, 1.807) is 36.4 Å². The lowest BCUT2D eigenvalue weighted by Crippen LogP contribution is -2.28. The zero-order valence-corrected chi connectivity index (χ0v) is 16.9. The largest absolute Gasteiger partial charge is 0.399 e. The van der Waals surface area contributed by atoms with E-state index >= 15 is 0 Å². The van der Waals surface area contributed by atoms with Crippen LogP contribution >= 0.6 is 12.4 Å². The molecule has 0 radical (unpaired) electrons. The van der Waals surface area contributed by atoms with Crippen LogP contribution in [0.4, 0.5) is 11.4 Å². The molecular weight excluding hydrogens is 376 g/mol. The zero-order chi connectivity index (χ0) is 19.4. The Balaban J connectivity index is 0.00000280. The number of amides is 1. The third-order valence-corrected chi connectivity index (χ3v) is 4.57. The highest BCUT2D eigenvalue weighted by Gasteiger charge is 2.17. The summed E-state index contributed by atoms with van der Waals surface area (Å²) in [5.41, 5.74) is 8.01. The maximum absolute atomic E-state index is 13.0. The number of rotatable bonds is 6. The van der Waals surface area contributed by atoms with Crippen LogP contribution in [0.2, 0.25) is 0 Å². The standard InChI is InChI=1S/C21H24N4O2.ClH/c1-3-4-7-12-25-21(27)17-9-6-5-8-16(17)19(24-25)20(26)23-18-13-15(22)11-10-14(18)2;/h5-6,8-11,13H,3-4,7,12,22H2,1-2H3,(H,23,26);1H. The first-order chi connectivity index (χ1) is 13.0. The SMILES string of the molecule is CCCCCn1nc(C(=O)Nc2cc(N)ccc2C)c2ccccc2c1=O.Cl. The maximum atomic E-state index is 13.0. The molecule has 0 spiro atoms. The van der Waals surface area contributed by atoms with Crippen LogP contribution in [0, 0.1) is 6.92 Å². The molecule has 0 bridgehead atoms. The smallest absolute Gasteiger partial charge is 0.276 e. The van der Waals surface area contributed by atoms with E-state index in [2.05, 4.69) is 17.3 Å². The van der Waals surface area contributed by atoms with Crippen LogP contribution in [0.25, 0.3) is 10.8 Å². The molecule has 1 aromatic heterocycles. The Labute approximate surface area is 170 Å². The number of nitrogens with one attached hydrogen (secondary N) is 1. The van der Waals surface area contributed by atoms with Crippen LogP contribution in [0.5, 0.6) is 0 Å². The van der Waals surface area contributed by atoms with Gasteiger partial charge >= 0.3 is 0 Å². The van der Waals surface area contributed by atoms with Crippen molar-refractivity contribution in [1.82, 2.24) is 9.78 Å². The summed E-state index contributed by atoms with van der Waals surface area (Å²) in [5, 5.41) is 8.31. The first-order valence-corrected chi connectivity index (χ1v) is 9.18. The van der Waals surface area contributed by atoms with Gasteiger partial charge in [-0.05, 0) is 37.1 Å². The zero-order valence-electron chi connectivity index (χ0n) is 16.1. The van der Waals surface area contributed by atoms with Crippen LogP contribution in [-0.4, -0.2) is 15.7 Å². The molecule has 0 fully saturated rings. The first kappa shape index (κ1) is 21.4. The molecule has 3 rings (SSSR count). The number of nitrogens with two attached hydrogens (primary N) is 1. The lowest BCUT2D eigenvalue weighted by atomic mass is 10.1. The molecule has 0 aliphatic carbocycles. The molecule has 0 saturated heterocycles. The minimum atomic E-state index is -0.357. The van der Waals surface area contributed by atoms with Crippen LogP contribution in [0.1, 0.15) is 42.2 Å². The summed E-state index contributed by atoms with van der Waals surface area (Å²) in [5.74, 6) is -0.357. The molecule has 1 amide bonds. The number of hydrogen-bond donors (Lipinski definition) is 2. The summed E-state index contributed by atoms with van der Waals surface area (Å²) in [6, 6.07) is 12.4. The highest BCUT2D eigenvalue weighted by atomic mass is 35.5. The van der Waals surface area contributed by atoms with Gasteiger partial charge in [0.1, 0.15) is 0 Å². The van der Waals surface area contributed by atoms with Crippen molar-refractivity contribution in [1.29, 1.82) is 0 Å². The Kier molecular flexibility index (Phi) is 7.18. The second-order valence-electron chi connectivity index (χ2n) is 6.66. The summed E-state index contributed by atoms with van der Waals surface area (Å²) in [4.78, 5) is 25.7. The summed E-state index contributed by atoms with van der Waals surface area (Å²) in [7, 11) is 0. The molecule has 0 saturated carbocycles. The van der Waals surface area contributed by atoms with Crippen molar-refractivity contribution in [2.24, 2.45) is 0 Å². The van der Waals surface area contributed by atoms with Gasteiger partial charge in [-0.2, -0.15) is 5.10 Å². The predicted molar refractivity (Wildman–Crippen MR) is 116 cm³/mol. The van der Waals surface area contributed by atoms with E-state index in [0.29, 0.717) is 28.7 Å². The Bertz CT molecular complexity index is 1050. The molecule has 1 heterocycles. The van der Waals surface area contributed by atoms with E-state index < -0.39 is 0 Å². The summed E-state index contributed by atoms with van der Waals surface area (Å²) < 4.78 is 1.40. The van der Waals surface area contributed by atoms with E-state index in [-0.39, 0.29) is 29.6 Å². The second kappa shape index (κ2) is 9.37. The third kappa shape index (κ3) is 4.51. The number of benzene rings is 2. The predicted octanol–water partition coefficient (Wildman–Crippen LogP) is 4.15. The van der Waals surface area contributed by atoms with Crippen molar-refractivity contribution < 1.29 is 4.79 Å². The van der Waals surface area contributed by atoms with E-state index in [1.165, 1.54) is 4.68 Å². The van der Waals surface area contributed by atoms with E-state index in [4.69, 9.17) is 5.73 Å². The second-order valence-corrected chi connectivity index (χ2v) is 6.66. The van der Waals surface area contributed by atoms with Crippen molar-refractivity contribution in [2.75, 3.05) is 11.1 Å². The minimum absolute atomic E-state index is 0. The first-order valence-electron chi connectivity index (χ1n) is 9.18. The molecule has 3 aromatic rings. The van der Waals surface area contributed by atoms with Crippen LogP contribution in [-0.2, 0) is 6.54 Å². The van der Waals surface area contributed by atoms with E-state index in [0.717, 1.165) is 24.8 Å². The topological polar surface area (TPSA) is 90.0 Å². The number of nitrogen functional groups attached to an aromatic ring is 1. The fourth-order valence-electron chi connectivity index (χ4n) is 3.02. The lowest BCUT2D eigenvalue weighted by molar-refractivity contribution is 0.102. The van der Waals surface area contributed by atoms with Gasteiger partial charge in [0.15, 0.2) is 5.69 Å². The summed E-state index contributed by atoms with van der Waals surface area (Å²) in [6.07, 6.45) is 2.90. The lowest BCUT2D eigenvalue weighted by Gasteiger charge is -2.12. The average Bonchev–Trinajstić information content (AvgIpc) is 2.66. The molecule has 28 heavy (non-hydrogen) atoms. The van der Waals surface area contributed by atoms with Gasteiger partial charge in [0.05, 0.1) is 5.39 Å². The molecule has 0 aliphatic rings. The van der Waals surface area contributed by atoms with Crippen molar-refractivity contribution in [3.05, 3.63) is 64.1 Å². The number of halogens is 1. The number of aryl methyl sites for hydroxylation is 2. The van der Waals surface area contributed by atoms with Crippen molar-refractivity contribution >= 4 is 40.5 Å². The third-order valence-electron chi connectivity index (χ3n) is 4.57. The van der Waals surface area contributed by atoms with Gasteiger partial charge in [0, 0.05) is 23.3 Å². The number of aromatic nitrogens is 2. The number of anilines is 2.